The lowest BCUT2D eigenvalue weighted by molar-refractivity contribution is 0.0696. The third kappa shape index (κ3) is 2.14. The van der Waals surface area contributed by atoms with Crippen molar-refractivity contribution in [2.45, 2.75) is 0 Å². The van der Waals surface area contributed by atoms with Crippen LogP contribution in [0, 0.1) is 0 Å². The van der Waals surface area contributed by atoms with E-state index in [9.17, 15) is 4.79 Å². The van der Waals surface area contributed by atoms with Gasteiger partial charge in [0.25, 0.3) is 0 Å². The first-order chi connectivity index (χ1) is 5.74. The number of nitrogens with zero attached hydrogens (tertiary/aromatic N) is 1. The summed E-state index contributed by atoms with van der Waals surface area (Å²) in [5.74, 6) is -0.993. The lowest BCUT2D eigenvalue weighted by Gasteiger charge is -1.82. The van der Waals surface area contributed by atoms with Gasteiger partial charge in [-0.15, -0.1) is 11.3 Å². The number of aromatic nitrogens is 1. The predicted molar refractivity (Wildman–Crippen MR) is 47.2 cm³/mol. The summed E-state index contributed by atoms with van der Waals surface area (Å²) in [6.07, 6.45) is 3.42. The number of carboxylic acid groups (broad SMARTS) is 1. The fraction of sp³-hybridized carbons (Fsp3) is 0.143. The molecule has 1 aromatic heterocycles. The summed E-state index contributed by atoms with van der Waals surface area (Å²) in [7, 11) is 0. The highest BCUT2D eigenvalue weighted by Gasteiger charge is 2.06. The fourth-order valence-electron chi connectivity index (χ4n) is 0.650. The topological polar surface area (TPSA) is 76.2 Å². The summed E-state index contributed by atoms with van der Waals surface area (Å²) in [5.41, 5.74) is 5.86. The van der Waals surface area contributed by atoms with Gasteiger partial charge in [-0.05, 0) is 6.08 Å². The Balaban J connectivity index is 2.77. The maximum atomic E-state index is 10.4. The summed E-state index contributed by atoms with van der Waals surface area (Å²) in [4.78, 5) is 14.2. The molecule has 5 heteroatoms. The zero-order chi connectivity index (χ0) is 8.97. The number of aromatic carboxylic acids is 1. The van der Waals surface area contributed by atoms with Crippen molar-refractivity contribution in [2.24, 2.45) is 5.73 Å². The second kappa shape index (κ2) is 3.99. The van der Waals surface area contributed by atoms with Crippen molar-refractivity contribution in [1.82, 2.24) is 4.98 Å². The SMILES string of the molecule is NCC=Cc1csc(C(=O)O)n1. The minimum Gasteiger partial charge on any atom is -0.476 e. The molecule has 0 aromatic carbocycles. The standard InChI is InChI=1S/C7H8N2O2S/c8-3-1-2-5-4-12-6(9-5)7(10)11/h1-2,4H,3,8H2,(H,10,11). The Morgan fingerprint density at radius 1 is 1.83 bits per heavy atom. The number of carbonyl (C=O) groups is 1. The maximum absolute atomic E-state index is 10.4. The molecule has 0 saturated carbocycles. The van der Waals surface area contributed by atoms with E-state index < -0.39 is 5.97 Å². The van der Waals surface area contributed by atoms with Gasteiger partial charge in [-0.25, -0.2) is 9.78 Å². The van der Waals surface area contributed by atoms with Crippen LogP contribution in [0.25, 0.3) is 6.08 Å². The molecular weight excluding hydrogens is 176 g/mol. The monoisotopic (exact) mass is 184 g/mol. The molecule has 0 fully saturated rings. The largest absolute Gasteiger partial charge is 0.476 e. The van der Waals surface area contributed by atoms with Crippen molar-refractivity contribution < 1.29 is 9.90 Å². The van der Waals surface area contributed by atoms with E-state index in [1.165, 1.54) is 0 Å². The van der Waals surface area contributed by atoms with Crippen LogP contribution >= 0.6 is 11.3 Å². The van der Waals surface area contributed by atoms with Crippen LogP contribution < -0.4 is 5.73 Å². The number of rotatable bonds is 3. The zero-order valence-electron chi connectivity index (χ0n) is 6.23. The average Bonchev–Trinajstić information content (AvgIpc) is 2.48. The second-order valence-electron chi connectivity index (χ2n) is 2.02. The molecule has 1 aromatic rings. The van der Waals surface area contributed by atoms with E-state index in [4.69, 9.17) is 10.8 Å². The van der Waals surface area contributed by atoms with Crippen molar-refractivity contribution >= 4 is 23.4 Å². The molecule has 0 saturated heterocycles. The molecule has 0 bridgehead atoms. The van der Waals surface area contributed by atoms with Crippen molar-refractivity contribution in [1.29, 1.82) is 0 Å². The van der Waals surface area contributed by atoms with Gasteiger partial charge < -0.3 is 10.8 Å². The smallest absolute Gasteiger partial charge is 0.365 e. The Kier molecular flexibility index (Phi) is 2.95. The van der Waals surface area contributed by atoms with Gasteiger partial charge in [-0.1, -0.05) is 6.08 Å². The molecule has 0 amide bonds. The number of hydrogen-bond acceptors (Lipinski definition) is 4. The summed E-state index contributed by atoms with van der Waals surface area (Å²) < 4.78 is 0. The fourth-order valence-corrected chi connectivity index (χ4v) is 1.27. The van der Waals surface area contributed by atoms with Crippen LogP contribution in [0.3, 0.4) is 0 Å². The molecule has 0 spiro atoms. The number of nitrogens with two attached hydrogens (primary N) is 1. The number of carboxylic acids is 1. The molecular formula is C7H8N2O2S. The third-order valence-electron chi connectivity index (χ3n) is 1.13. The lowest BCUT2D eigenvalue weighted by Crippen LogP contribution is -1.94. The Bertz CT molecular complexity index is 306. The lowest BCUT2D eigenvalue weighted by atomic mass is 10.4. The molecule has 0 aliphatic heterocycles. The molecule has 0 radical (unpaired) electrons. The van der Waals surface area contributed by atoms with Crippen molar-refractivity contribution in [3.8, 4) is 0 Å². The minimum absolute atomic E-state index is 0.103. The van der Waals surface area contributed by atoms with Gasteiger partial charge in [0.2, 0.25) is 5.01 Å². The molecule has 3 N–H and O–H groups in total. The van der Waals surface area contributed by atoms with E-state index in [2.05, 4.69) is 4.98 Å². The van der Waals surface area contributed by atoms with Gasteiger partial charge >= 0.3 is 5.97 Å². The van der Waals surface area contributed by atoms with Crippen LogP contribution in [0.1, 0.15) is 15.5 Å². The number of hydrogen-bond donors (Lipinski definition) is 2. The van der Waals surface area contributed by atoms with Crippen molar-refractivity contribution in [3.05, 3.63) is 22.2 Å². The molecule has 0 unspecified atom stereocenters. The Hall–Kier alpha value is -1.20. The van der Waals surface area contributed by atoms with Crippen LogP contribution in [0.5, 0.6) is 0 Å². The first kappa shape index (κ1) is 8.89. The minimum atomic E-state index is -0.993. The van der Waals surface area contributed by atoms with Crippen molar-refractivity contribution in [2.75, 3.05) is 6.54 Å². The molecule has 0 aliphatic rings. The molecule has 0 aliphatic carbocycles. The Labute approximate surface area is 73.4 Å². The highest BCUT2D eigenvalue weighted by molar-refractivity contribution is 7.11. The first-order valence-corrected chi connectivity index (χ1v) is 4.17. The van der Waals surface area contributed by atoms with E-state index >= 15 is 0 Å². The summed E-state index contributed by atoms with van der Waals surface area (Å²) in [6, 6.07) is 0. The molecule has 64 valence electrons. The van der Waals surface area contributed by atoms with Gasteiger partial charge in [0.1, 0.15) is 0 Å². The summed E-state index contributed by atoms with van der Waals surface area (Å²) >= 11 is 1.11. The van der Waals surface area contributed by atoms with Crippen molar-refractivity contribution in [3.63, 3.8) is 0 Å². The van der Waals surface area contributed by atoms with E-state index in [0.29, 0.717) is 12.2 Å². The van der Waals surface area contributed by atoms with Gasteiger partial charge in [0, 0.05) is 11.9 Å². The Morgan fingerprint density at radius 2 is 2.58 bits per heavy atom. The van der Waals surface area contributed by atoms with E-state index in [1.807, 2.05) is 0 Å². The molecule has 4 nitrogen and oxygen atoms in total. The molecule has 1 rings (SSSR count). The quantitative estimate of drug-likeness (QED) is 0.729. The summed E-state index contributed by atoms with van der Waals surface area (Å²) in [6.45, 7) is 0.430. The predicted octanol–water partition coefficient (Wildman–Crippen LogP) is 0.813. The normalized spacial score (nSPS) is 10.8. The molecule has 1 heterocycles. The zero-order valence-corrected chi connectivity index (χ0v) is 7.04. The molecule has 0 atom stereocenters. The van der Waals surface area contributed by atoms with Gasteiger partial charge in [0.05, 0.1) is 5.69 Å². The van der Waals surface area contributed by atoms with Crippen LogP contribution in [-0.2, 0) is 0 Å². The first-order valence-electron chi connectivity index (χ1n) is 3.29. The highest BCUT2D eigenvalue weighted by Crippen LogP contribution is 2.10. The maximum Gasteiger partial charge on any atom is 0.365 e. The van der Waals surface area contributed by atoms with E-state index in [1.54, 1.807) is 17.5 Å². The van der Waals surface area contributed by atoms with E-state index in [0.717, 1.165) is 11.3 Å². The van der Waals surface area contributed by atoms with Crippen LogP contribution in [0.2, 0.25) is 0 Å². The highest BCUT2D eigenvalue weighted by atomic mass is 32.1. The third-order valence-corrected chi connectivity index (χ3v) is 1.98. The van der Waals surface area contributed by atoms with Gasteiger partial charge in [0.15, 0.2) is 0 Å². The van der Waals surface area contributed by atoms with Crippen LogP contribution in [-0.4, -0.2) is 22.6 Å². The average molecular weight is 184 g/mol. The number of thiazole rings is 1. The van der Waals surface area contributed by atoms with Crippen LogP contribution in [0.15, 0.2) is 11.5 Å². The van der Waals surface area contributed by atoms with Gasteiger partial charge in [-0.2, -0.15) is 0 Å². The van der Waals surface area contributed by atoms with Crippen LogP contribution in [0.4, 0.5) is 0 Å². The Morgan fingerprint density at radius 3 is 3.08 bits per heavy atom. The molecule has 12 heavy (non-hydrogen) atoms. The van der Waals surface area contributed by atoms with Gasteiger partial charge in [-0.3, -0.25) is 0 Å². The van der Waals surface area contributed by atoms with E-state index in [-0.39, 0.29) is 5.01 Å². The summed E-state index contributed by atoms with van der Waals surface area (Å²) in [5, 5.41) is 10.3. The second-order valence-corrected chi connectivity index (χ2v) is 2.88.